The first-order valence-corrected chi connectivity index (χ1v) is 9.04. The molecule has 0 aromatic rings. The van der Waals surface area contributed by atoms with Crippen LogP contribution in [0.3, 0.4) is 0 Å². The summed E-state index contributed by atoms with van der Waals surface area (Å²) in [6.07, 6.45) is 20.3. The summed E-state index contributed by atoms with van der Waals surface area (Å²) in [5, 5.41) is 3.51. The van der Waals surface area contributed by atoms with E-state index in [1.165, 1.54) is 89.9 Å². The van der Waals surface area contributed by atoms with Gasteiger partial charge in [0.05, 0.1) is 0 Å². The van der Waals surface area contributed by atoms with Gasteiger partial charge in [0.25, 0.3) is 0 Å². The van der Waals surface area contributed by atoms with E-state index < -0.39 is 0 Å². The third-order valence-corrected chi connectivity index (χ3v) is 4.68. The molecule has 1 unspecified atom stereocenters. The van der Waals surface area contributed by atoms with Crippen LogP contribution in [0.2, 0.25) is 0 Å². The van der Waals surface area contributed by atoms with E-state index in [1.54, 1.807) is 0 Å². The summed E-state index contributed by atoms with van der Waals surface area (Å²) >= 11 is 0. The quantitative estimate of drug-likeness (QED) is 0.399. The van der Waals surface area contributed by atoms with Crippen molar-refractivity contribution in [3.8, 4) is 0 Å². The minimum absolute atomic E-state index is 0.796. The van der Waals surface area contributed by atoms with Gasteiger partial charge in [0.2, 0.25) is 0 Å². The Morgan fingerprint density at radius 1 is 0.842 bits per heavy atom. The molecule has 1 atom stereocenters. The van der Waals surface area contributed by atoms with Crippen LogP contribution in [0.4, 0.5) is 0 Å². The fourth-order valence-corrected chi connectivity index (χ4v) is 2.98. The molecule has 0 radical (unpaired) electrons. The molecule has 1 nitrogen and oxygen atoms in total. The van der Waals surface area contributed by atoms with Crippen molar-refractivity contribution in [3.63, 3.8) is 0 Å². The summed E-state index contributed by atoms with van der Waals surface area (Å²) in [7, 11) is 2.14. The molecule has 0 aromatic carbocycles. The van der Waals surface area contributed by atoms with Gasteiger partial charge in [-0.15, -0.1) is 0 Å². The van der Waals surface area contributed by atoms with Gasteiger partial charge in [-0.05, 0) is 32.2 Å². The number of nitrogens with one attached hydrogen (secondary N) is 1. The largest absolute Gasteiger partial charge is 0.317 e. The lowest BCUT2D eigenvalue weighted by Gasteiger charge is -2.15. The van der Waals surface area contributed by atoms with Crippen LogP contribution in [-0.4, -0.2) is 13.1 Å². The van der Waals surface area contributed by atoms with Crippen molar-refractivity contribution in [1.82, 2.24) is 5.32 Å². The Balaban J connectivity index is 1.79. The number of unbranched alkanes of at least 4 members (excludes halogenated alkanes) is 8. The lowest BCUT2D eigenvalue weighted by atomic mass is 10.0. The van der Waals surface area contributed by atoms with E-state index >= 15 is 0 Å². The van der Waals surface area contributed by atoms with E-state index in [0.717, 1.165) is 12.0 Å². The highest BCUT2D eigenvalue weighted by Crippen LogP contribution is 2.34. The van der Waals surface area contributed by atoms with Crippen molar-refractivity contribution < 1.29 is 0 Å². The molecule has 1 N–H and O–H groups in total. The zero-order valence-corrected chi connectivity index (χ0v) is 13.6. The first-order chi connectivity index (χ1) is 9.36. The van der Waals surface area contributed by atoms with E-state index in [9.17, 15) is 0 Å². The zero-order valence-electron chi connectivity index (χ0n) is 13.6. The topological polar surface area (TPSA) is 12.0 Å². The van der Waals surface area contributed by atoms with Gasteiger partial charge in [0.1, 0.15) is 0 Å². The van der Waals surface area contributed by atoms with E-state index in [4.69, 9.17) is 0 Å². The molecule has 19 heavy (non-hydrogen) atoms. The standard InChI is InChI=1S/C18H37N/c1-3-4-5-6-7-8-9-10-11-12-18(19-2)16-15-17-13-14-17/h17-19H,3-16H2,1-2H3. The summed E-state index contributed by atoms with van der Waals surface area (Å²) in [6.45, 7) is 2.29. The van der Waals surface area contributed by atoms with Crippen LogP contribution in [0.15, 0.2) is 0 Å². The van der Waals surface area contributed by atoms with Gasteiger partial charge in [0.15, 0.2) is 0 Å². The summed E-state index contributed by atoms with van der Waals surface area (Å²) in [6, 6.07) is 0.796. The predicted octanol–water partition coefficient (Wildman–Crippen LogP) is 5.69. The first kappa shape index (κ1) is 17.0. The fraction of sp³-hybridized carbons (Fsp3) is 1.00. The Labute approximate surface area is 121 Å². The fourth-order valence-electron chi connectivity index (χ4n) is 2.98. The van der Waals surface area contributed by atoms with Crippen LogP contribution in [0, 0.1) is 5.92 Å². The minimum Gasteiger partial charge on any atom is -0.317 e. The third kappa shape index (κ3) is 10.4. The Hall–Kier alpha value is -0.0400. The van der Waals surface area contributed by atoms with E-state index in [0.29, 0.717) is 0 Å². The zero-order chi connectivity index (χ0) is 13.8. The molecule has 1 heteroatoms. The molecule has 1 saturated carbocycles. The van der Waals surface area contributed by atoms with Gasteiger partial charge < -0.3 is 5.32 Å². The Morgan fingerprint density at radius 3 is 1.95 bits per heavy atom. The molecule has 0 heterocycles. The highest BCUT2D eigenvalue weighted by Gasteiger charge is 2.21. The Kier molecular flexibility index (Phi) is 10.5. The molecular formula is C18H37N. The van der Waals surface area contributed by atoms with Crippen LogP contribution >= 0.6 is 0 Å². The van der Waals surface area contributed by atoms with Crippen molar-refractivity contribution in [2.45, 2.75) is 103 Å². The van der Waals surface area contributed by atoms with E-state index in [2.05, 4.69) is 19.3 Å². The van der Waals surface area contributed by atoms with Crippen molar-refractivity contribution in [2.75, 3.05) is 7.05 Å². The van der Waals surface area contributed by atoms with Gasteiger partial charge in [-0.1, -0.05) is 77.6 Å². The van der Waals surface area contributed by atoms with Gasteiger partial charge in [0, 0.05) is 6.04 Å². The molecule has 0 aliphatic heterocycles. The molecule has 0 bridgehead atoms. The number of hydrogen-bond donors (Lipinski definition) is 1. The highest BCUT2D eigenvalue weighted by molar-refractivity contribution is 4.76. The third-order valence-electron chi connectivity index (χ3n) is 4.68. The van der Waals surface area contributed by atoms with Crippen LogP contribution in [0.5, 0.6) is 0 Å². The predicted molar refractivity (Wildman–Crippen MR) is 86.6 cm³/mol. The van der Waals surface area contributed by atoms with Crippen LogP contribution in [0.1, 0.15) is 96.8 Å². The van der Waals surface area contributed by atoms with E-state index in [1.807, 2.05) is 0 Å². The van der Waals surface area contributed by atoms with Gasteiger partial charge in [-0.25, -0.2) is 0 Å². The van der Waals surface area contributed by atoms with Crippen LogP contribution in [-0.2, 0) is 0 Å². The summed E-state index contributed by atoms with van der Waals surface area (Å²) in [5.74, 6) is 1.10. The van der Waals surface area contributed by atoms with Crippen LogP contribution in [0.25, 0.3) is 0 Å². The molecule has 0 saturated heterocycles. The molecule has 0 aromatic heterocycles. The number of rotatable bonds is 14. The maximum atomic E-state index is 3.51. The SMILES string of the molecule is CCCCCCCCCCCC(CCC1CC1)NC. The number of hydrogen-bond acceptors (Lipinski definition) is 1. The van der Waals surface area contributed by atoms with Crippen molar-refractivity contribution in [1.29, 1.82) is 0 Å². The van der Waals surface area contributed by atoms with Gasteiger partial charge in [-0.3, -0.25) is 0 Å². The van der Waals surface area contributed by atoms with E-state index in [-0.39, 0.29) is 0 Å². The average Bonchev–Trinajstić information content (AvgIpc) is 3.24. The maximum absolute atomic E-state index is 3.51. The molecule has 114 valence electrons. The Bertz CT molecular complexity index is 186. The molecule has 0 amide bonds. The normalized spacial score (nSPS) is 16.7. The second-order valence-corrected chi connectivity index (χ2v) is 6.62. The first-order valence-electron chi connectivity index (χ1n) is 9.04. The summed E-state index contributed by atoms with van der Waals surface area (Å²) < 4.78 is 0. The second kappa shape index (κ2) is 11.8. The van der Waals surface area contributed by atoms with Crippen LogP contribution < -0.4 is 5.32 Å². The lowest BCUT2D eigenvalue weighted by molar-refractivity contribution is 0.436. The Morgan fingerprint density at radius 2 is 1.42 bits per heavy atom. The summed E-state index contributed by atoms with van der Waals surface area (Å²) in [4.78, 5) is 0. The van der Waals surface area contributed by atoms with Crippen molar-refractivity contribution in [2.24, 2.45) is 5.92 Å². The molecule has 1 fully saturated rings. The second-order valence-electron chi connectivity index (χ2n) is 6.62. The molecule has 1 aliphatic rings. The smallest absolute Gasteiger partial charge is 0.00641 e. The molecular weight excluding hydrogens is 230 g/mol. The molecule has 0 spiro atoms. The highest BCUT2D eigenvalue weighted by atomic mass is 14.9. The monoisotopic (exact) mass is 267 g/mol. The maximum Gasteiger partial charge on any atom is 0.00641 e. The van der Waals surface area contributed by atoms with Gasteiger partial charge in [-0.2, -0.15) is 0 Å². The lowest BCUT2D eigenvalue weighted by Crippen LogP contribution is -2.25. The summed E-state index contributed by atoms with van der Waals surface area (Å²) in [5.41, 5.74) is 0. The van der Waals surface area contributed by atoms with Crippen molar-refractivity contribution >= 4 is 0 Å². The average molecular weight is 268 g/mol. The van der Waals surface area contributed by atoms with Gasteiger partial charge >= 0.3 is 0 Å². The molecule has 1 aliphatic carbocycles. The van der Waals surface area contributed by atoms with Crippen molar-refractivity contribution in [3.05, 3.63) is 0 Å². The molecule has 1 rings (SSSR count). The minimum atomic E-state index is 0.796.